The van der Waals surface area contributed by atoms with E-state index in [0.29, 0.717) is 12.6 Å². The van der Waals surface area contributed by atoms with Gasteiger partial charge in [0.1, 0.15) is 5.75 Å². The average molecular weight is 279 g/mol. The number of methoxy groups -OCH3 is 1. The van der Waals surface area contributed by atoms with Crippen LogP contribution in [0.25, 0.3) is 0 Å². The lowest BCUT2D eigenvalue weighted by atomic mass is 10.0. The Morgan fingerprint density at radius 1 is 1.20 bits per heavy atom. The minimum Gasteiger partial charge on any atom is -0.496 e. The van der Waals surface area contributed by atoms with E-state index in [9.17, 15) is 0 Å². The van der Waals surface area contributed by atoms with Crippen LogP contribution >= 0.6 is 0 Å². The van der Waals surface area contributed by atoms with Gasteiger partial charge in [0.2, 0.25) is 0 Å². The molecule has 0 amide bonds. The van der Waals surface area contributed by atoms with E-state index in [2.05, 4.69) is 45.1 Å². The standard InChI is InChI=1S/C17H29NO2/c1-6-11-18-15(13-20-17(2,3)4)12-14-9-7-8-10-16(14)19-5/h7-10,15,18H,6,11-13H2,1-5H3. The molecule has 0 saturated carbocycles. The molecule has 3 nitrogen and oxygen atoms in total. The second-order valence-electron chi connectivity index (χ2n) is 6.09. The average Bonchev–Trinajstić information content (AvgIpc) is 2.41. The van der Waals surface area contributed by atoms with Gasteiger partial charge in [-0.3, -0.25) is 0 Å². The fourth-order valence-electron chi connectivity index (χ4n) is 2.03. The van der Waals surface area contributed by atoms with Crippen molar-refractivity contribution in [3.05, 3.63) is 29.8 Å². The Kier molecular flexibility index (Phi) is 7.03. The van der Waals surface area contributed by atoms with Crippen molar-refractivity contribution in [2.75, 3.05) is 20.3 Å². The molecular formula is C17H29NO2. The van der Waals surface area contributed by atoms with Crippen LogP contribution in [0.3, 0.4) is 0 Å². The van der Waals surface area contributed by atoms with Gasteiger partial charge in [-0.15, -0.1) is 0 Å². The zero-order valence-electron chi connectivity index (χ0n) is 13.5. The number of rotatable bonds is 8. The second-order valence-corrected chi connectivity index (χ2v) is 6.09. The molecule has 0 aromatic heterocycles. The Bertz CT molecular complexity index is 385. The van der Waals surface area contributed by atoms with Crippen molar-refractivity contribution in [3.63, 3.8) is 0 Å². The first kappa shape index (κ1) is 17.0. The molecule has 1 aromatic carbocycles. The first-order chi connectivity index (χ1) is 9.46. The van der Waals surface area contributed by atoms with Gasteiger partial charge in [-0.2, -0.15) is 0 Å². The number of hydrogen-bond donors (Lipinski definition) is 1. The van der Waals surface area contributed by atoms with Crippen LogP contribution in [0, 0.1) is 0 Å². The lowest BCUT2D eigenvalue weighted by Gasteiger charge is -2.25. The van der Waals surface area contributed by atoms with Crippen LogP contribution in [0.1, 0.15) is 39.7 Å². The molecular weight excluding hydrogens is 250 g/mol. The van der Waals surface area contributed by atoms with Crippen molar-refractivity contribution in [1.29, 1.82) is 0 Å². The maximum atomic E-state index is 5.93. The van der Waals surface area contributed by atoms with Gasteiger partial charge in [-0.1, -0.05) is 25.1 Å². The Labute approximate surface area is 123 Å². The molecule has 1 atom stereocenters. The fraction of sp³-hybridized carbons (Fsp3) is 0.647. The summed E-state index contributed by atoms with van der Waals surface area (Å²) in [7, 11) is 1.72. The molecule has 0 radical (unpaired) electrons. The van der Waals surface area contributed by atoms with Gasteiger partial charge in [0, 0.05) is 6.04 Å². The monoisotopic (exact) mass is 279 g/mol. The Balaban J connectivity index is 2.67. The summed E-state index contributed by atoms with van der Waals surface area (Å²) in [5, 5.41) is 3.56. The molecule has 0 aliphatic rings. The lowest BCUT2D eigenvalue weighted by Crippen LogP contribution is -2.38. The van der Waals surface area contributed by atoms with Crippen LogP contribution in [0.4, 0.5) is 0 Å². The molecule has 1 unspecified atom stereocenters. The zero-order chi connectivity index (χ0) is 15.0. The van der Waals surface area contributed by atoms with Gasteiger partial charge < -0.3 is 14.8 Å². The van der Waals surface area contributed by atoms with E-state index >= 15 is 0 Å². The quantitative estimate of drug-likeness (QED) is 0.791. The molecule has 1 aromatic rings. The first-order valence-corrected chi connectivity index (χ1v) is 7.45. The largest absolute Gasteiger partial charge is 0.496 e. The van der Waals surface area contributed by atoms with Gasteiger partial charge in [0.05, 0.1) is 19.3 Å². The lowest BCUT2D eigenvalue weighted by molar-refractivity contribution is -0.0143. The third-order valence-electron chi connectivity index (χ3n) is 3.06. The van der Waals surface area contributed by atoms with E-state index in [-0.39, 0.29) is 5.60 Å². The SMILES string of the molecule is CCCNC(COC(C)(C)C)Cc1ccccc1OC. The molecule has 0 saturated heterocycles. The van der Waals surface area contributed by atoms with E-state index in [1.54, 1.807) is 7.11 Å². The highest BCUT2D eigenvalue weighted by molar-refractivity contribution is 5.33. The third-order valence-corrected chi connectivity index (χ3v) is 3.06. The topological polar surface area (TPSA) is 30.5 Å². The van der Waals surface area contributed by atoms with Crippen molar-refractivity contribution in [2.45, 2.75) is 52.2 Å². The maximum absolute atomic E-state index is 5.93. The highest BCUT2D eigenvalue weighted by Crippen LogP contribution is 2.19. The van der Waals surface area contributed by atoms with E-state index in [4.69, 9.17) is 9.47 Å². The van der Waals surface area contributed by atoms with Gasteiger partial charge >= 0.3 is 0 Å². The van der Waals surface area contributed by atoms with Crippen molar-refractivity contribution in [2.24, 2.45) is 0 Å². The predicted octanol–water partition coefficient (Wildman–Crippen LogP) is 3.42. The summed E-state index contributed by atoms with van der Waals surface area (Å²) >= 11 is 0. The van der Waals surface area contributed by atoms with E-state index in [0.717, 1.165) is 25.1 Å². The number of para-hydroxylation sites is 1. The number of nitrogens with one attached hydrogen (secondary N) is 1. The number of benzene rings is 1. The second kappa shape index (κ2) is 8.28. The van der Waals surface area contributed by atoms with Crippen molar-refractivity contribution in [3.8, 4) is 5.75 Å². The minimum absolute atomic E-state index is 0.104. The minimum atomic E-state index is -0.104. The van der Waals surface area contributed by atoms with E-state index in [1.807, 2.05) is 12.1 Å². The number of ether oxygens (including phenoxy) is 2. The molecule has 0 fully saturated rings. The zero-order valence-corrected chi connectivity index (χ0v) is 13.5. The summed E-state index contributed by atoms with van der Waals surface area (Å²) in [5.41, 5.74) is 1.12. The molecule has 0 aliphatic carbocycles. The Morgan fingerprint density at radius 2 is 1.90 bits per heavy atom. The summed E-state index contributed by atoms with van der Waals surface area (Å²) in [6.45, 7) is 10.2. The van der Waals surface area contributed by atoms with Crippen LogP contribution in [-0.4, -0.2) is 31.9 Å². The predicted molar refractivity (Wildman–Crippen MR) is 84.5 cm³/mol. The van der Waals surface area contributed by atoms with Gasteiger partial charge in [-0.05, 0) is 51.8 Å². The Morgan fingerprint density at radius 3 is 2.50 bits per heavy atom. The molecule has 20 heavy (non-hydrogen) atoms. The van der Waals surface area contributed by atoms with Crippen LogP contribution < -0.4 is 10.1 Å². The van der Waals surface area contributed by atoms with E-state index in [1.165, 1.54) is 5.56 Å². The molecule has 0 heterocycles. The van der Waals surface area contributed by atoms with Crippen LogP contribution in [-0.2, 0) is 11.2 Å². The first-order valence-electron chi connectivity index (χ1n) is 7.45. The summed E-state index contributed by atoms with van der Waals surface area (Å²) in [5.74, 6) is 0.951. The van der Waals surface area contributed by atoms with Crippen LogP contribution in [0.5, 0.6) is 5.75 Å². The fourth-order valence-corrected chi connectivity index (χ4v) is 2.03. The molecule has 1 N–H and O–H groups in total. The number of hydrogen-bond acceptors (Lipinski definition) is 3. The normalized spacial score (nSPS) is 13.2. The highest BCUT2D eigenvalue weighted by atomic mass is 16.5. The van der Waals surface area contributed by atoms with Crippen LogP contribution in [0.15, 0.2) is 24.3 Å². The molecule has 3 heteroatoms. The molecule has 114 valence electrons. The summed E-state index contributed by atoms with van der Waals surface area (Å²) in [6.07, 6.45) is 2.04. The summed E-state index contributed by atoms with van der Waals surface area (Å²) in [4.78, 5) is 0. The van der Waals surface area contributed by atoms with Crippen molar-refractivity contribution < 1.29 is 9.47 Å². The van der Waals surface area contributed by atoms with E-state index < -0.39 is 0 Å². The van der Waals surface area contributed by atoms with Gasteiger partial charge in [0.15, 0.2) is 0 Å². The Hall–Kier alpha value is -1.06. The van der Waals surface area contributed by atoms with Crippen molar-refractivity contribution >= 4 is 0 Å². The molecule has 0 bridgehead atoms. The third kappa shape index (κ3) is 6.40. The molecule has 0 spiro atoms. The molecule has 1 rings (SSSR count). The molecule has 0 aliphatic heterocycles. The highest BCUT2D eigenvalue weighted by Gasteiger charge is 2.16. The smallest absolute Gasteiger partial charge is 0.122 e. The van der Waals surface area contributed by atoms with Crippen LogP contribution in [0.2, 0.25) is 0 Å². The maximum Gasteiger partial charge on any atom is 0.122 e. The van der Waals surface area contributed by atoms with Crippen molar-refractivity contribution in [1.82, 2.24) is 5.32 Å². The summed E-state index contributed by atoms with van der Waals surface area (Å²) < 4.78 is 11.4. The summed E-state index contributed by atoms with van der Waals surface area (Å²) in [6, 6.07) is 8.50. The van der Waals surface area contributed by atoms with Gasteiger partial charge in [-0.25, -0.2) is 0 Å². The van der Waals surface area contributed by atoms with Gasteiger partial charge in [0.25, 0.3) is 0 Å².